The fourth-order valence-corrected chi connectivity index (χ4v) is 0.713. The third-order valence-electron chi connectivity index (χ3n) is 1.52. The molecule has 0 amide bonds. The van der Waals surface area contributed by atoms with Crippen LogP contribution in [0, 0.1) is 6.92 Å². The molecule has 0 aliphatic carbocycles. The van der Waals surface area contributed by atoms with Gasteiger partial charge in [0, 0.05) is 6.07 Å². The average molecular weight is 123 g/mol. The van der Waals surface area contributed by atoms with Gasteiger partial charge in [0.2, 0.25) is 0 Å². The van der Waals surface area contributed by atoms with Crippen molar-refractivity contribution in [3.63, 3.8) is 0 Å². The standard InChI is InChI=1S/C7H10N2/c1-6-4-3-5-7(8)9(6)2/h3-5,8H,1-2H3/p+1. The van der Waals surface area contributed by atoms with Crippen LogP contribution < -0.4 is 10.3 Å². The molecule has 1 heterocycles. The van der Waals surface area contributed by atoms with Crippen molar-refractivity contribution in [2.24, 2.45) is 7.05 Å². The Morgan fingerprint density at radius 1 is 1.44 bits per heavy atom. The molecule has 0 spiro atoms. The maximum atomic E-state index is 5.58. The van der Waals surface area contributed by atoms with Gasteiger partial charge >= 0.3 is 0 Å². The molecule has 0 unspecified atom stereocenters. The van der Waals surface area contributed by atoms with E-state index in [2.05, 4.69) is 0 Å². The lowest BCUT2D eigenvalue weighted by Gasteiger charge is -1.96. The van der Waals surface area contributed by atoms with E-state index in [9.17, 15) is 0 Å². The number of nitrogens with zero attached hydrogens (tertiary/aromatic N) is 1. The summed E-state index contributed by atoms with van der Waals surface area (Å²) in [5, 5.41) is 0. The highest BCUT2D eigenvalue weighted by Crippen LogP contribution is 1.93. The van der Waals surface area contributed by atoms with Gasteiger partial charge in [-0.05, 0) is 13.0 Å². The van der Waals surface area contributed by atoms with Crippen molar-refractivity contribution in [3.05, 3.63) is 23.9 Å². The highest BCUT2D eigenvalue weighted by atomic mass is 15.0. The van der Waals surface area contributed by atoms with Crippen molar-refractivity contribution in [1.29, 1.82) is 0 Å². The van der Waals surface area contributed by atoms with Crippen molar-refractivity contribution < 1.29 is 4.57 Å². The van der Waals surface area contributed by atoms with E-state index in [1.807, 2.05) is 36.7 Å². The van der Waals surface area contributed by atoms with Crippen LogP contribution in [0.25, 0.3) is 0 Å². The van der Waals surface area contributed by atoms with Crippen LogP contribution in [-0.4, -0.2) is 0 Å². The largest absolute Gasteiger partial charge is 0.287 e. The Morgan fingerprint density at radius 2 is 2.11 bits per heavy atom. The zero-order valence-corrected chi connectivity index (χ0v) is 5.76. The molecule has 0 radical (unpaired) electrons. The third-order valence-corrected chi connectivity index (χ3v) is 1.52. The predicted octanol–water partition coefficient (Wildman–Crippen LogP) is 0.402. The number of pyridine rings is 1. The van der Waals surface area contributed by atoms with E-state index in [-0.39, 0.29) is 0 Å². The van der Waals surface area contributed by atoms with Crippen LogP contribution in [0.1, 0.15) is 5.69 Å². The van der Waals surface area contributed by atoms with Gasteiger partial charge in [0.15, 0.2) is 0 Å². The summed E-state index contributed by atoms with van der Waals surface area (Å²) in [5.74, 6) is 0.801. The number of aromatic nitrogens is 1. The first kappa shape index (κ1) is 6.08. The topological polar surface area (TPSA) is 29.9 Å². The molecule has 1 aromatic rings. The Hall–Kier alpha value is -1.05. The van der Waals surface area contributed by atoms with Gasteiger partial charge in [0.05, 0.1) is 7.05 Å². The van der Waals surface area contributed by atoms with E-state index in [0.717, 1.165) is 5.82 Å². The molecule has 0 saturated carbocycles. The Balaban J connectivity index is 3.25. The predicted molar refractivity (Wildman–Crippen MR) is 36.8 cm³/mol. The first-order valence-corrected chi connectivity index (χ1v) is 2.93. The van der Waals surface area contributed by atoms with Crippen molar-refractivity contribution in [1.82, 2.24) is 0 Å². The molecule has 9 heavy (non-hydrogen) atoms. The number of hydrogen-bond acceptors (Lipinski definition) is 1. The molecule has 0 saturated heterocycles. The summed E-state index contributed by atoms with van der Waals surface area (Å²) in [7, 11) is 1.95. The van der Waals surface area contributed by atoms with Crippen LogP contribution in [0.15, 0.2) is 18.2 Å². The Morgan fingerprint density at radius 3 is 2.56 bits per heavy atom. The summed E-state index contributed by atoms with van der Waals surface area (Å²) in [4.78, 5) is 0. The lowest BCUT2D eigenvalue weighted by atomic mass is 10.3. The zero-order chi connectivity index (χ0) is 6.85. The molecule has 48 valence electrons. The number of hydrogen-bond donors (Lipinski definition) is 1. The highest BCUT2D eigenvalue weighted by Gasteiger charge is 1.98. The Kier molecular flexibility index (Phi) is 1.39. The molecule has 0 atom stereocenters. The number of nitrogen functional groups attached to an aromatic ring is 1. The van der Waals surface area contributed by atoms with E-state index >= 15 is 0 Å². The van der Waals surface area contributed by atoms with Gasteiger partial charge in [-0.25, -0.2) is 4.57 Å². The zero-order valence-electron chi connectivity index (χ0n) is 5.76. The summed E-state index contributed by atoms with van der Waals surface area (Å²) >= 11 is 0. The van der Waals surface area contributed by atoms with Crippen LogP contribution >= 0.6 is 0 Å². The van der Waals surface area contributed by atoms with Gasteiger partial charge in [0.25, 0.3) is 5.82 Å². The lowest BCUT2D eigenvalue weighted by molar-refractivity contribution is -0.663. The highest BCUT2D eigenvalue weighted by molar-refractivity contribution is 5.20. The minimum absolute atomic E-state index is 0.801. The van der Waals surface area contributed by atoms with Crippen LogP contribution in [0.4, 0.5) is 5.82 Å². The van der Waals surface area contributed by atoms with Gasteiger partial charge in [-0.2, -0.15) is 0 Å². The molecule has 0 fully saturated rings. The second-order valence-electron chi connectivity index (χ2n) is 2.15. The fraction of sp³-hybridized carbons (Fsp3) is 0.286. The Bertz CT molecular complexity index is 198. The summed E-state index contributed by atoms with van der Waals surface area (Å²) in [6.45, 7) is 2.02. The van der Waals surface area contributed by atoms with Crippen LogP contribution in [-0.2, 0) is 7.05 Å². The Labute approximate surface area is 54.9 Å². The quantitative estimate of drug-likeness (QED) is 0.497. The van der Waals surface area contributed by atoms with Crippen LogP contribution in [0.5, 0.6) is 0 Å². The molecule has 0 bridgehead atoms. The molecule has 2 N–H and O–H groups in total. The fourth-order valence-electron chi connectivity index (χ4n) is 0.713. The van der Waals surface area contributed by atoms with Gasteiger partial charge in [0.1, 0.15) is 5.69 Å². The number of aryl methyl sites for hydroxylation is 1. The normalized spacial score (nSPS) is 9.56. The summed E-state index contributed by atoms with van der Waals surface area (Å²) in [5.41, 5.74) is 6.76. The van der Waals surface area contributed by atoms with Crippen molar-refractivity contribution in [3.8, 4) is 0 Å². The second kappa shape index (κ2) is 2.05. The van der Waals surface area contributed by atoms with Gasteiger partial charge in [-0.3, -0.25) is 5.73 Å². The van der Waals surface area contributed by atoms with E-state index in [1.54, 1.807) is 0 Å². The van der Waals surface area contributed by atoms with Gasteiger partial charge in [-0.1, -0.05) is 6.07 Å². The number of anilines is 1. The number of nitrogens with two attached hydrogens (primary N) is 1. The summed E-state index contributed by atoms with van der Waals surface area (Å²) < 4.78 is 1.94. The SMILES string of the molecule is Cc1cccc(N)[n+]1C. The molecule has 2 nitrogen and oxygen atoms in total. The first-order valence-electron chi connectivity index (χ1n) is 2.93. The van der Waals surface area contributed by atoms with Gasteiger partial charge < -0.3 is 0 Å². The molecule has 0 aromatic carbocycles. The molecular weight excluding hydrogens is 112 g/mol. The van der Waals surface area contributed by atoms with Gasteiger partial charge in [-0.15, -0.1) is 0 Å². The van der Waals surface area contributed by atoms with Crippen molar-refractivity contribution in [2.75, 3.05) is 5.73 Å². The maximum Gasteiger partial charge on any atom is 0.272 e. The van der Waals surface area contributed by atoms with Crippen molar-refractivity contribution in [2.45, 2.75) is 6.92 Å². The smallest absolute Gasteiger partial charge is 0.272 e. The number of rotatable bonds is 0. The lowest BCUT2D eigenvalue weighted by Crippen LogP contribution is -2.35. The monoisotopic (exact) mass is 123 g/mol. The molecule has 0 aliphatic rings. The summed E-state index contributed by atoms with van der Waals surface area (Å²) in [6, 6.07) is 5.86. The van der Waals surface area contributed by atoms with Crippen LogP contribution in [0.2, 0.25) is 0 Å². The van der Waals surface area contributed by atoms with E-state index < -0.39 is 0 Å². The minimum Gasteiger partial charge on any atom is -0.287 e. The van der Waals surface area contributed by atoms with E-state index in [1.165, 1.54) is 5.69 Å². The van der Waals surface area contributed by atoms with E-state index in [4.69, 9.17) is 5.73 Å². The maximum absolute atomic E-state index is 5.58. The van der Waals surface area contributed by atoms with E-state index in [0.29, 0.717) is 0 Å². The van der Waals surface area contributed by atoms with Crippen LogP contribution in [0.3, 0.4) is 0 Å². The first-order chi connectivity index (χ1) is 4.22. The summed E-state index contributed by atoms with van der Waals surface area (Å²) in [6.07, 6.45) is 0. The third kappa shape index (κ3) is 1.02. The molecule has 2 heteroatoms. The second-order valence-corrected chi connectivity index (χ2v) is 2.15. The minimum atomic E-state index is 0.801. The molecule has 1 rings (SSSR count). The average Bonchev–Trinajstić information content (AvgIpc) is 1.83. The molecule has 1 aromatic heterocycles. The molecular formula is C7H11N2+. The molecule has 0 aliphatic heterocycles. The van der Waals surface area contributed by atoms with Crippen molar-refractivity contribution >= 4 is 5.82 Å².